The Morgan fingerprint density at radius 1 is 1.33 bits per heavy atom. The Balaban J connectivity index is 1.46. The number of carbonyl (C=O) groups is 1. The minimum Gasteiger partial charge on any atom is -0.361 e. The van der Waals surface area contributed by atoms with Gasteiger partial charge >= 0.3 is 0 Å². The lowest BCUT2D eigenvalue weighted by molar-refractivity contribution is -0.132. The van der Waals surface area contributed by atoms with Gasteiger partial charge in [0.15, 0.2) is 0 Å². The molecule has 5 heteroatoms. The first kappa shape index (κ1) is 16.7. The highest BCUT2D eigenvalue weighted by Gasteiger charge is 2.23. The number of amides is 1. The van der Waals surface area contributed by atoms with Crippen LogP contribution < -0.4 is 5.32 Å². The summed E-state index contributed by atoms with van der Waals surface area (Å²) in [6.45, 7) is 1.68. The quantitative estimate of drug-likeness (QED) is 0.886. The molecule has 24 heavy (non-hydrogen) atoms. The van der Waals surface area contributed by atoms with Crippen molar-refractivity contribution in [1.29, 1.82) is 0 Å². The molecule has 1 aromatic heterocycles. The van der Waals surface area contributed by atoms with Crippen LogP contribution in [0.2, 0.25) is 0 Å². The van der Waals surface area contributed by atoms with Gasteiger partial charge in [0, 0.05) is 31.6 Å². The van der Waals surface area contributed by atoms with E-state index in [9.17, 15) is 4.79 Å². The van der Waals surface area contributed by atoms with E-state index < -0.39 is 0 Å². The fourth-order valence-electron chi connectivity index (χ4n) is 3.11. The highest BCUT2D eigenvalue weighted by atomic mass is 16.5. The van der Waals surface area contributed by atoms with Gasteiger partial charge in [0.1, 0.15) is 11.5 Å². The summed E-state index contributed by atoms with van der Waals surface area (Å²) in [6.07, 6.45) is 4.92. The van der Waals surface area contributed by atoms with E-state index in [2.05, 4.69) is 10.5 Å². The van der Waals surface area contributed by atoms with Gasteiger partial charge in [-0.1, -0.05) is 41.9 Å². The molecule has 1 aliphatic heterocycles. The minimum absolute atomic E-state index is 0.00119. The number of benzene rings is 1. The van der Waals surface area contributed by atoms with Crippen LogP contribution >= 0.6 is 0 Å². The number of hydrogen-bond acceptors (Lipinski definition) is 4. The molecular formula is C19H25N3O2. The van der Waals surface area contributed by atoms with Crippen LogP contribution in [0.5, 0.6) is 0 Å². The zero-order chi connectivity index (χ0) is 16.8. The highest BCUT2D eigenvalue weighted by molar-refractivity contribution is 5.81. The standard InChI is InChI=1S/C19H25N3O2/c1-22(19(23)17-11-5-6-12-20-17)13-7-10-16-14-18(21-24-16)15-8-3-2-4-9-15/h2-4,8-9,14,17,20H,5-7,10-13H2,1H3. The normalized spacial score (nSPS) is 17.6. The summed E-state index contributed by atoms with van der Waals surface area (Å²) in [5.74, 6) is 1.07. The third-order valence-corrected chi connectivity index (χ3v) is 4.53. The predicted molar refractivity (Wildman–Crippen MR) is 93.5 cm³/mol. The third-order valence-electron chi connectivity index (χ3n) is 4.53. The summed E-state index contributed by atoms with van der Waals surface area (Å²) in [7, 11) is 1.88. The number of piperidine rings is 1. The topological polar surface area (TPSA) is 58.4 Å². The van der Waals surface area contributed by atoms with Gasteiger partial charge in [-0.15, -0.1) is 0 Å². The minimum atomic E-state index is -0.00119. The van der Waals surface area contributed by atoms with Crippen LogP contribution in [0.25, 0.3) is 11.3 Å². The lowest BCUT2D eigenvalue weighted by Gasteiger charge is -2.27. The molecule has 0 aliphatic carbocycles. The smallest absolute Gasteiger partial charge is 0.239 e. The van der Waals surface area contributed by atoms with Gasteiger partial charge in [0.2, 0.25) is 5.91 Å². The van der Waals surface area contributed by atoms with Crippen molar-refractivity contribution >= 4 is 5.91 Å². The molecule has 1 aliphatic rings. The van der Waals surface area contributed by atoms with Crippen LogP contribution in [0.1, 0.15) is 31.4 Å². The van der Waals surface area contributed by atoms with Gasteiger partial charge in [-0.05, 0) is 25.8 Å². The second kappa shape index (κ2) is 8.11. The Hall–Kier alpha value is -2.14. The SMILES string of the molecule is CN(CCCc1cc(-c2ccccc2)no1)C(=O)C1CCCCN1. The Morgan fingerprint density at radius 2 is 2.17 bits per heavy atom. The van der Waals surface area contributed by atoms with Crippen molar-refractivity contribution in [2.45, 2.75) is 38.1 Å². The number of hydrogen-bond donors (Lipinski definition) is 1. The summed E-state index contributed by atoms with van der Waals surface area (Å²) >= 11 is 0. The molecule has 0 spiro atoms. The fraction of sp³-hybridized carbons (Fsp3) is 0.474. The summed E-state index contributed by atoms with van der Waals surface area (Å²) < 4.78 is 5.41. The van der Waals surface area contributed by atoms with E-state index in [1.54, 1.807) is 0 Å². The molecule has 1 atom stereocenters. The van der Waals surface area contributed by atoms with Crippen molar-refractivity contribution in [3.8, 4) is 11.3 Å². The van der Waals surface area contributed by atoms with Crippen molar-refractivity contribution < 1.29 is 9.32 Å². The molecule has 0 saturated carbocycles. The van der Waals surface area contributed by atoms with E-state index in [0.29, 0.717) is 0 Å². The number of nitrogens with one attached hydrogen (secondary N) is 1. The fourth-order valence-corrected chi connectivity index (χ4v) is 3.11. The van der Waals surface area contributed by atoms with E-state index in [-0.39, 0.29) is 11.9 Å². The summed E-state index contributed by atoms with van der Waals surface area (Å²) in [5.41, 5.74) is 1.92. The lowest BCUT2D eigenvalue weighted by Crippen LogP contribution is -2.47. The Morgan fingerprint density at radius 3 is 2.92 bits per heavy atom. The molecular weight excluding hydrogens is 302 g/mol. The maximum atomic E-state index is 12.4. The molecule has 0 bridgehead atoms. The Kier molecular flexibility index (Phi) is 5.64. The van der Waals surface area contributed by atoms with Gasteiger partial charge in [-0.2, -0.15) is 0 Å². The first-order valence-corrected chi connectivity index (χ1v) is 8.73. The zero-order valence-corrected chi connectivity index (χ0v) is 14.2. The molecule has 128 valence electrons. The molecule has 0 radical (unpaired) electrons. The number of aromatic nitrogens is 1. The molecule has 5 nitrogen and oxygen atoms in total. The maximum absolute atomic E-state index is 12.4. The van der Waals surface area contributed by atoms with E-state index >= 15 is 0 Å². The number of aryl methyl sites for hydroxylation is 1. The van der Waals surface area contributed by atoms with Gasteiger partial charge in [-0.25, -0.2) is 0 Å². The number of carbonyl (C=O) groups excluding carboxylic acids is 1. The van der Waals surface area contributed by atoms with Crippen molar-refractivity contribution in [1.82, 2.24) is 15.4 Å². The summed E-state index contributed by atoms with van der Waals surface area (Å²) in [5, 5.41) is 7.44. The highest BCUT2D eigenvalue weighted by Crippen LogP contribution is 2.19. The molecule has 2 aromatic rings. The van der Waals surface area contributed by atoms with Crippen LogP contribution in [0.15, 0.2) is 40.9 Å². The molecule has 1 saturated heterocycles. The second-order valence-electron chi connectivity index (χ2n) is 6.41. The van der Waals surface area contributed by atoms with Crippen LogP contribution in [-0.4, -0.2) is 42.1 Å². The average Bonchev–Trinajstić information content (AvgIpc) is 3.11. The van der Waals surface area contributed by atoms with E-state index in [4.69, 9.17) is 4.52 Å². The molecule has 1 N–H and O–H groups in total. The van der Waals surface area contributed by atoms with Gasteiger partial charge in [0.25, 0.3) is 0 Å². The van der Waals surface area contributed by atoms with Crippen molar-refractivity contribution in [3.63, 3.8) is 0 Å². The number of likely N-dealkylation sites (N-methyl/N-ethyl adjacent to an activating group) is 1. The Labute approximate surface area is 143 Å². The van der Waals surface area contributed by atoms with Gasteiger partial charge in [-0.3, -0.25) is 4.79 Å². The molecule has 1 fully saturated rings. The van der Waals surface area contributed by atoms with E-state index in [1.165, 1.54) is 6.42 Å². The number of rotatable bonds is 6. The first-order chi connectivity index (χ1) is 11.7. The molecule has 1 unspecified atom stereocenters. The lowest BCUT2D eigenvalue weighted by atomic mass is 10.0. The van der Waals surface area contributed by atoms with E-state index in [1.807, 2.05) is 48.3 Å². The Bertz CT molecular complexity index is 648. The summed E-state index contributed by atoms with van der Waals surface area (Å²) in [6, 6.07) is 12.0. The van der Waals surface area contributed by atoms with Crippen LogP contribution in [-0.2, 0) is 11.2 Å². The molecule has 2 heterocycles. The third kappa shape index (κ3) is 4.23. The first-order valence-electron chi connectivity index (χ1n) is 8.73. The molecule has 3 rings (SSSR count). The van der Waals surface area contributed by atoms with Gasteiger partial charge < -0.3 is 14.7 Å². The predicted octanol–water partition coefficient (Wildman–Crippen LogP) is 2.87. The van der Waals surface area contributed by atoms with Crippen LogP contribution in [0.3, 0.4) is 0 Å². The summed E-state index contributed by atoms with van der Waals surface area (Å²) in [4.78, 5) is 14.2. The van der Waals surface area contributed by atoms with Gasteiger partial charge in [0.05, 0.1) is 6.04 Å². The average molecular weight is 327 g/mol. The molecule has 1 aromatic carbocycles. The largest absolute Gasteiger partial charge is 0.361 e. The van der Waals surface area contributed by atoms with Crippen molar-refractivity contribution in [2.24, 2.45) is 0 Å². The monoisotopic (exact) mass is 327 g/mol. The van der Waals surface area contributed by atoms with Crippen molar-refractivity contribution in [3.05, 3.63) is 42.2 Å². The van der Waals surface area contributed by atoms with Crippen LogP contribution in [0, 0.1) is 0 Å². The van der Waals surface area contributed by atoms with Crippen molar-refractivity contribution in [2.75, 3.05) is 20.1 Å². The van der Waals surface area contributed by atoms with E-state index in [0.717, 1.165) is 55.8 Å². The maximum Gasteiger partial charge on any atom is 0.239 e. The van der Waals surface area contributed by atoms with Crippen LogP contribution in [0.4, 0.5) is 0 Å². The number of nitrogens with zero attached hydrogens (tertiary/aromatic N) is 2. The zero-order valence-electron chi connectivity index (χ0n) is 14.2. The molecule has 1 amide bonds. The second-order valence-corrected chi connectivity index (χ2v) is 6.41.